The number of nitrogens with zero attached hydrogens (tertiary/aromatic N) is 2. The van der Waals surface area contributed by atoms with Crippen LogP contribution in [-0.2, 0) is 17.9 Å². The molecule has 0 unspecified atom stereocenters. The molecule has 2 heterocycles. The van der Waals surface area contributed by atoms with Crippen LogP contribution in [0.2, 0.25) is 0 Å². The molecule has 0 radical (unpaired) electrons. The minimum atomic E-state index is -0.00472. The Morgan fingerprint density at radius 1 is 1.20 bits per heavy atom. The highest BCUT2D eigenvalue weighted by Gasteiger charge is 2.13. The summed E-state index contributed by atoms with van der Waals surface area (Å²) in [5.74, 6) is 1.47. The fourth-order valence-electron chi connectivity index (χ4n) is 3.01. The van der Waals surface area contributed by atoms with Gasteiger partial charge in [-0.3, -0.25) is 9.48 Å². The molecule has 1 N–H and O–H groups in total. The van der Waals surface area contributed by atoms with E-state index in [9.17, 15) is 4.79 Å². The van der Waals surface area contributed by atoms with Crippen LogP contribution in [0.15, 0.2) is 42.5 Å². The predicted molar refractivity (Wildman–Crippen MR) is 93.5 cm³/mol. The number of benzene rings is 2. The van der Waals surface area contributed by atoms with E-state index in [2.05, 4.69) is 10.4 Å². The van der Waals surface area contributed by atoms with Gasteiger partial charge in [0.25, 0.3) is 0 Å². The molecule has 1 aliphatic heterocycles. The lowest BCUT2D eigenvalue weighted by Crippen LogP contribution is -2.24. The number of ether oxygens (including phenoxy) is 2. The third kappa shape index (κ3) is 3.15. The normalized spacial score (nSPS) is 12.5. The van der Waals surface area contributed by atoms with Crippen molar-refractivity contribution in [3.63, 3.8) is 0 Å². The van der Waals surface area contributed by atoms with Crippen molar-refractivity contribution in [2.45, 2.75) is 26.4 Å². The summed E-state index contributed by atoms with van der Waals surface area (Å²) in [4.78, 5) is 12.2. The zero-order valence-electron chi connectivity index (χ0n) is 14.0. The van der Waals surface area contributed by atoms with E-state index in [1.807, 2.05) is 54.1 Å². The Kier molecular flexibility index (Phi) is 4.01. The SMILES string of the molecule is Cc1nn(CCC(=O)NCc2ccc3c(c2)OCO3)c2ccccc12. The number of hydrogen-bond acceptors (Lipinski definition) is 4. The van der Waals surface area contributed by atoms with Crippen molar-refractivity contribution >= 4 is 16.8 Å². The van der Waals surface area contributed by atoms with Crippen molar-refractivity contribution in [2.24, 2.45) is 0 Å². The van der Waals surface area contributed by atoms with Crippen molar-refractivity contribution in [3.05, 3.63) is 53.7 Å². The van der Waals surface area contributed by atoms with Gasteiger partial charge in [0.15, 0.2) is 11.5 Å². The molecule has 3 aromatic rings. The molecule has 0 bridgehead atoms. The monoisotopic (exact) mass is 337 g/mol. The number of fused-ring (bicyclic) bond motifs is 2. The number of carbonyl (C=O) groups is 1. The summed E-state index contributed by atoms with van der Waals surface area (Å²) in [7, 11) is 0. The van der Waals surface area contributed by atoms with E-state index in [-0.39, 0.29) is 12.7 Å². The molecule has 4 rings (SSSR count). The molecule has 1 amide bonds. The summed E-state index contributed by atoms with van der Waals surface area (Å²) in [5.41, 5.74) is 3.03. The van der Waals surface area contributed by atoms with Crippen LogP contribution in [0, 0.1) is 6.92 Å². The van der Waals surface area contributed by atoms with E-state index in [0.717, 1.165) is 33.7 Å². The summed E-state index contributed by atoms with van der Waals surface area (Å²) in [6.07, 6.45) is 0.385. The van der Waals surface area contributed by atoms with Gasteiger partial charge in [0.05, 0.1) is 17.8 Å². The van der Waals surface area contributed by atoms with E-state index in [1.165, 1.54) is 0 Å². The second-order valence-corrected chi connectivity index (χ2v) is 6.04. The van der Waals surface area contributed by atoms with Crippen molar-refractivity contribution in [3.8, 4) is 11.5 Å². The molecule has 0 spiro atoms. The number of nitrogens with one attached hydrogen (secondary N) is 1. The van der Waals surface area contributed by atoms with Gasteiger partial charge in [0.1, 0.15) is 0 Å². The summed E-state index contributed by atoms with van der Waals surface area (Å²) in [6, 6.07) is 13.8. The molecule has 2 aromatic carbocycles. The van der Waals surface area contributed by atoms with Crippen LogP contribution in [0.25, 0.3) is 10.9 Å². The molecule has 6 heteroatoms. The highest BCUT2D eigenvalue weighted by Crippen LogP contribution is 2.32. The molecule has 0 saturated heterocycles. The molecule has 0 saturated carbocycles. The van der Waals surface area contributed by atoms with Crippen LogP contribution >= 0.6 is 0 Å². The summed E-state index contributed by atoms with van der Waals surface area (Å²) < 4.78 is 12.5. The molecule has 1 aromatic heterocycles. The minimum Gasteiger partial charge on any atom is -0.454 e. The number of aromatic nitrogens is 2. The van der Waals surface area contributed by atoms with Gasteiger partial charge < -0.3 is 14.8 Å². The topological polar surface area (TPSA) is 65.4 Å². The zero-order chi connectivity index (χ0) is 17.2. The standard InChI is InChI=1S/C19H19N3O3/c1-13-15-4-2-3-5-16(15)22(21-13)9-8-19(23)20-11-14-6-7-17-18(10-14)25-12-24-17/h2-7,10H,8-9,11-12H2,1H3,(H,20,23). The van der Waals surface area contributed by atoms with Gasteiger partial charge >= 0.3 is 0 Å². The molecule has 0 fully saturated rings. The van der Waals surface area contributed by atoms with Gasteiger partial charge in [-0.1, -0.05) is 24.3 Å². The summed E-state index contributed by atoms with van der Waals surface area (Å²) >= 11 is 0. The predicted octanol–water partition coefficient (Wildman–Crippen LogP) is 2.78. The Morgan fingerprint density at radius 2 is 2.04 bits per heavy atom. The molecule has 0 aliphatic carbocycles. The molecule has 0 atom stereocenters. The maximum Gasteiger partial charge on any atom is 0.231 e. The van der Waals surface area contributed by atoms with Crippen molar-refractivity contribution in [1.29, 1.82) is 0 Å². The first kappa shape index (κ1) is 15.5. The molecule has 1 aliphatic rings. The minimum absolute atomic E-state index is 0.00472. The molecular formula is C19H19N3O3. The summed E-state index contributed by atoms with van der Waals surface area (Å²) in [5, 5.41) is 8.59. The second kappa shape index (κ2) is 6.47. The number of carbonyl (C=O) groups excluding carboxylic acids is 1. The van der Waals surface area contributed by atoms with E-state index in [0.29, 0.717) is 19.5 Å². The molecule has 25 heavy (non-hydrogen) atoms. The van der Waals surface area contributed by atoms with Gasteiger partial charge in [-0.25, -0.2) is 0 Å². The Bertz CT molecular complexity index is 933. The zero-order valence-corrected chi connectivity index (χ0v) is 14.0. The van der Waals surface area contributed by atoms with E-state index < -0.39 is 0 Å². The van der Waals surface area contributed by atoms with Crippen LogP contribution in [-0.4, -0.2) is 22.5 Å². The van der Waals surface area contributed by atoms with Gasteiger partial charge in [-0.15, -0.1) is 0 Å². The lowest BCUT2D eigenvalue weighted by molar-refractivity contribution is -0.121. The number of amides is 1. The van der Waals surface area contributed by atoms with Crippen LogP contribution in [0.3, 0.4) is 0 Å². The third-order valence-electron chi connectivity index (χ3n) is 4.32. The average molecular weight is 337 g/mol. The van der Waals surface area contributed by atoms with Gasteiger partial charge in [-0.05, 0) is 30.7 Å². The largest absolute Gasteiger partial charge is 0.454 e. The second-order valence-electron chi connectivity index (χ2n) is 6.04. The number of para-hydroxylation sites is 1. The van der Waals surface area contributed by atoms with Crippen molar-refractivity contribution < 1.29 is 14.3 Å². The highest BCUT2D eigenvalue weighted by atomic mass is 16.7. The van der Waals surface area contributed by atoms with Crippen LogP contribution in [0.4, 0.5) is 0 Å². The van der Waals surface area contributed by atoms with E-state index >= 15 is 0 Å². The lowest BCUT2D eigenvalue weighted by Gasteiger charge is -2.07. The fourth-order valence-corrected chi connectivity index (χ4v) is 3.01. The lowest BCUT2D eigenvalue weighted by atomic mass is 10.2. The maximum atomic E-state index is 12.2. The summed E-state index contributed by atoms with van der Waals surface area (Å²) in [6.45, 7) is 3.26. The highest BCUT2D eigenvalue weighted by molar-refractivity contribution is 5.82. The van der Waals surface area contributed by atoms with E-state index in [1.54, 1.807) is 0 Å². The Morgan fingerprint density at radius 3 is 2.96 bits per heavy atom. The van der Waals surface area contributed by atoms with Crippen molar-refractivity contribution in [2.75, 3.05) is 6.79 Å². The van der Waals surface area contributed by atoms with Gasteiger partial charge in [0, 0.05) is 18.4 Å². The Labute approximate surface area is 145 Å². The molecular weight excluding hydrogens is 318 g/mol. The number of hydrogen-bond donors (Lipinski definition) is 1. The molecule has 128 valence electrons. The number of aryl methyl sites for hydroxylation is 2. The first-order valence-electron chi connectivity index (χ1n) is 8.28. The van der Waals surface area contributed by atoms with Crippen LogP contribution in [0.1, 0.15) is 17.7 Å². The quantitative estimate of drug-likeness (QED) is 0.777. The van der Waals surface area contributed by atoms with E-state index in [4.69, 9.17) is 9.47 Å². The molecule has 6 nitrogen and oxygen atoms in total. The maximum absolute atomic E-state index is 12.2. The Balaban J connectivity index is 1.34. The average Bonchev–Trinajstić information content (AvgIpc) is 3.22. The first-order chi connectivity index (χ1) is 12.2. The van der Waals surface area contributed by atoms with Crippen molar-refractivity contribution in [1.82, 2.24) is 15.1 Å². The van der Waals surface area contributed by atoms with Crippen LogP contribution < -0.4 is 14.8 Å². The van der Waals surface area contributed by atoms with Gasteiger partial charge in [-0.2, -0.15) is 5.10 Å². The Hall–Kier alpha value is -3.02. The smallest absolute Gasteiger partial charge is 0.231 e. The third-order valence-corrected chi connectivity index (χ3v) is 4.32. The van der Waals surface area contributed by atoms with Gasteiger partial charge in [0.2, 0.25) is 12.7 Å². The fraction of sp³-hybridized carbons (Fsp3) is 0.263. The first-order valence-corrected chi connectivity index (χ1v) is 8.28. The van der Waals surface area contributed by atoms with Crippen LogP contribution in [0.5, 0.6) is 11.5 Å². The number of rotatable bonds is 5.